The molecule has 5 aromatic rings. The third kappa shape index (κ3) is 7.86. The van der Waals surface area contributed by atoms with Crippen LogP contribution in [-0.2, 0) is 22.6 Å². The third-order valence-electron chi connectivity index (χ3n) is 7.26. The first kappa shape index (κ1) is 30.3. The Morgan fingerprint density at radius 1 is 0.911 bits per heavy atom. The lowest BCUT2D eigenvalue weighted by molar-refractivity contribution is -0.245. The van der Waals surface area contributed by atoms with Crippen LogP contribution in [0.1, 0.15) is 41.1 Å². The number of amides is 2. The fourth-order valence-corrected chi connectivity index (χ4v) is 5.84. The number of ether oxygens (including phenoxy) is 2. The highest BCUT2D eigenvalue weighted by molar-refractivity contribution is 7.99. The molecule has 1 aliphatic heterocycles. The highest BCUT2D eigenvalue weighted by Gasteiger charge is 2.33. The van der Waals surface area contributed by atoms with Crippen molar-refractivity contribution in [1.29, 1.82) is 0 Å². The Bertz CT molecular complexity index is 1700. The fourth-order valence-electron chi connectivity index (χ4n) is 4.93. The van der Waals surface area contributed by atoms with Crippen LogP contribution in [0, 0.1) is 0 Å². The van der Waals surface area contributed by atoms with Crippen LogP contribution in [-0.4, -0.2) is 48.3 Å². The van der Waals surface area contributed by atoms with E-state index in [-0.39, 0.29) is 30.6 Å². The number of rotatable bonds is 10. The van der Waals surface area contributed by atoms with E-state index in [1.54, 1.807) is 28.9 Å². The third-order valence-corrected chi connectivity index (χ3v) is 8.31. The summed E-state index contributed by atoms with van der Waals surface area (Å²) in [5.74, 6) is 0.705. The second kappa shape index (κ2) is 14.4. The molecule has 45 heavy (non-hydrogen) atoms. The standard InChI is InChI=1S/C33H32N6O5S/c40-20-23-9-11-24(12-10-23)30-18-29(21-45-33-36-37-38-39(33)27-13-15-28(41)16-14-27)43-31(44-30)25-7-4-8-26(17-25)35-32(42)34-19-22-5-2-1-3-6-22/h1-17,29-31,40-41H,18-21H2,(H2,34,35,42). The maximum Gasteiger partial charge on any atom is 0.319 e. The number of hydrogen-bond acceptors (Lipinski definition) is 9. The number of phenols is 1. The van der Waals surface area contributed by atoms with Gasteiger partial charge in [-0.2, -0.15) is 4.68 Å². The molecule has 6 rings (SSSR count). The average Bonchev–Trinajstić information content (AvgIpc) is 3.56. The zero-order valence-electron chi connectivity index (χ0n) is 24.2. The quantitative estimate of drug-likeness (QED) is 0.148. The summed E-state index contributed by atoms with van der Waals surface area (Å²) >= 11 is 1.46. The highest BCUT2D eigenvalue weighted by atomic mass is 32.2. The van der Waals surface area contributed by atoms with Crippen molar-refractivity contribution in [3.05, 3.63) is 125 Å². The molecular formula is C33H32N6O5S. The van der Waals surface area contributed by atoms with E-state index in [2.05, 4.69) is 26.2 Å². The van der Waals surface area contributed by atoms with E-state index in [9.17, 15) is 15.0 Å². The van der Waals surface area contributed by atoms with Gasteiger partial charge < -0.3 is 30.3 Å². The van der Waals surface area contributed by atoms with Crippen molar-refractivity contribution in [3.8, 4) is 11.4 Å². The molecule has 4 N–H and O–H groups in total. The molecule has 3 atom stereocenters. The van der Waals surface area contributed by atoms with Crippen LogP contribution in [0.5, 0.6) is 5.75 Å². The SMILES string of the molecule is O=C(NCc1ccccc1)Nc1cccc(C2OC(CSc3nnnn3-c3ccc(O)cc3)CC(c3ccc(CO)cc3)O2)c1. The molecule has 3 unspecified atom stereocenters. The minimum absolute atomic E-state index is 0.0364. The predicted octanol–water partition coefficient (Wildman–Crippen LogP) is 5.52. The monoisotopic (exact) mass is 624 g/mol. The molecule has 0 aliphatic carbocycles. The summed E-state index contributed by atoms with van der Waals surface area (Å²) in [5.41, 5.74) is 4.89. The van der Waals surface area contributed by atoms with Crippen LogP contribution in [0.25, 0.3) is 5.69 Å². The molecule has 4 aromatic carbocycles. The van der Waals surface area contributed by atoms with Crippen molar-refractivity contribution in [2.75, 3.05) is 11.1 Å². The van der Waals surface area contributed by atoms with Crippen LogP contribution in [0.4, 0.5) is 10.5 Å². The lowest BCUT2D eigenvalue weighted by Gasteiger charge is -2.36. The van der Waals surface area contributed by atoms with Crippen molar-refractivity contribution in [2.45, 2.75) is 43.2 Å². The van der Waals surface area contributed by atoms with Gasteiger partial charge in [0, 0.05) is 30.0 Å². The molecule has 1 fully saturated rings. The van der Waals surface area contributed by atoms with Crippen LogP contribution < -0.4 is 10.6 Å². The number of carbonyl (C=O) groups excluding carboxylic acids is 1. The smallest absolute Gasteiger partial charge is 0.319 e. The highest BCUT2D eigenvalue weighted by Crippen LogP contribution is 2.40. The Hall–Kier alpha value is -4.75. The van der Waals surface area contributed by atoms with Gasteiger partial charge in [0.25, 0.3) is 0 Å². The Kier molecular flexibility index (Phi) is 9.66. The first-order valence-electron chi connectivity index (χ1n) is 14.4. The number of aromatic hydroxyl groups is 1. The van der Waals surface area contributed by atoms with Gasteiger partial charge in [0.15, 0.2) is 6.29 Å². The summed E-state index contributed by atoms with van der Waals surface area (Å²) < 4.78 is 14.6. The van der Waals surface area contributed by atoms with Crippen molar-refractivity contribution < 1.29 is 24.5 Å². The lowest BCUT2D eigenvalue weighted by atomic mass is 10.0. The zero-order valence-corrected chi connectivity index (χ0v) is 25.0. The van der Waals surface area contributed by atoms with Crippen molar-refractivity contribution in [1.82, 2.24) is 25.5 Å². The van der Waals surface area contributed by atoms with Gasteiger partial charge in [-0.3, -0.25) is 0 Å². The Morgan fingerprint density at radius 2 is 1.71 bits per heavy atom. The average molecular weight is 625 g/mol. The van der Waals surface area contributed by atoms with Crippen LogP contribution in [0.3, 0.4) is 0 Å². The molecular weight excluding hydrogens is 592 g/mol. The van der Waals surface area contributed by atoms with Crippen molar-refractivity contribution in [2.24, 2.45) is 0 Å². The number of nitrogens with zero attached hydrogens (tertiary/aromatic N) is 4. The summed E-state index contributed by atoms with van der Waals surface area (Å²) in [5, 5.41) is 37.7. The number of nitrogens with one attached hydrogen (secondary N) is 2. The maximum atomic E-state index is 12.6. The summed E-state index contributed by atoms with van der Waals surface area (Å²) in [6, 6.07) is 31.2. The first-order valence-corrected chi connectivity index (χ1v) is 15.4. The molecule has 0 spiro atoms. The van der Waals surface area contributed by atoms with Crippen molar-refractivity contribution >= 4 is 23.5 Å². The zero-order chi connectivity index (χ0) is 31.0. The van der Waals surface area contributed by atoms with Gasteiger partial charge in [-0.1, -0.05) is 78.5 Å². The van der Waals surface area contributed by atoms with E-state index in [1.165, 1.54) is 11.8 Å². The van der Waals surface area contributed by atoms with Crippen LogP contribution in [0.15, 0.2) is 108 Å². The van der Waals surface area contributed by atoms with Crippen molar-refractivity contribution in [3.63, 3.8) is 0 Å². The fraction of sp³-hybridized carbons (Fsp3) is 0.212. The number of anilines is 1. The Labute approximate surface area is 264 Å². The number of urea groups is 1. The number of hydrogen-bond donors (Lipinski definition) is 4. The van der Waals surface area contributed by atoms with Crippen LogP contribution >= 0.6 is 11.8 Å². The van der Waals surface area contributed by atoms with E-state index >= 15 is 0 Å². The summed E-state index contributed by atoms with van der Waals surface area (Å²) in [6.07, 6.45) is -0.621. The summed E-state index contributed by atoms with van der Waals surface area (Å²) in [6.45, 7) is 0.374. The number of benzene rings is 4. The molecule has 1 aliphatic rings. The first-order chi connectivity index (χ1) is 22.0. The van der Waals surface area contributed by atoms with Gasteiger partial charge in [0.1, 0.15) is 5.75 Å². The maximum absolute atomic E-state index is 12.6. The number of aromatic nitrogens is 4. The number of aliphatic hydroxyl groups is 1. The molecule has 2 heterocycles. The van der Waals surface area contributed by atoms with E-state index in [1.807, 2.05) is 78.9 Å². The Morgan fingerprint density at radius 3 is 2.49 bits per heavy atom. The number of tetrazole rings is 1. The van der Waals surface area contributed by atoms with Crippen LogP contribution in [0.2, 0.25) is 0 Å². The molecule has 0 saturated carbocycles. The lowest BCUT2D eigenvalue weighted by Crippen LogP contribution is -2.31. The van der Waals surface area contributed by atoms with E-state index < -0.39 is 6.29 Å². The molecule has 1 saturated heterocycles. The minimum atomic E-state index is -0.700. The number of thioether (sulfide) groups is 1. The predicted molar refractivity (Wildman–Crippen MR) is 169 cm³/mol. The summed E-state index contributed by atoms with van der Waals surface area (Å²) in [7, 11) is 0. The van der Waals surface area contributed by atoms with Gasteiger partial charge in [0.05, 0.1) is 24.5 Å². The van der Waals surface area contributed by atoms with E-state index in [0.717, 1.165) is 27.9 Å². The number of aliphatic hydroxyl groups excluding tert-OH is 1. The van der Waals surface area contributed by atoms with E-state index in [4.69, 9.17) is 9.47 Å². The van der Waals surface area contributed by atoms with E-state index in [0.29, 0.717) is 29.6 Å². The second-order valence-electron chi connectivity index (χ2n) is 10.5. The molecule has 11 nitrogen and oxygen atoms in total. The van der Waals surface area contributed by atoms with Gasteiger partial charge >= 0.3 is 6.03 Å². The molecule has 0 radical (unpaired) electrons. The van der Waals surface area contributed by atoms with Gasteiger partial charge in [-0.05, 0) is 63.5 Å². The summed E-state index contributed by atoms with van der Waals surface area (Å²) in [4.78, 5) is 12.6. The molecule has 230 valence electrons. The normalized spacial score (nSPS) is 17.9. The molecule has 0 bridgehead atoms. The topological polar surface area (TPSA) is 144 Å². The molecule has 1 aromatic heterocycles. The number of phenolic OH excluding ortho intramolecular Hbond substituents is 1. The minimum Gasteiger partial charge on any atom is -0.508 e. The van der Waals surface area contributed by atoms with Gasteiger partial charge in [-0.15, -0.1) is 5.10 Å². The van der Waals surface area contributed by atoms with Gasteiger partial charge in [-0.25, -0.2) is 4.79 Å². The molecule has 2 amide bonds. The largest absolute Gasteiger partial charge is 0.508 e. The molecule has 12 heteroatoms. The number of carbonyl (C=O) groups is 1. The second-order valence-corrected chi connectivity index (χ2v) is 11.5. The Balaban J connectivity index is 1.17. The van der Waals surface area contributed by atoms with Gasteiger partial charge in [0.2, 0.25) is 5.16 Å².